The lowest BCUT2D eigenvalue weighted by atomic mass is 10.5. The van der Waals surface area contributed by atoms with Crippen LogP contribution in [-0.2, 0) is 4.74 Å². The molecule has 0 unspecified atom stereocenters. The number of hydrogen-bond acceptors (Lipinski definition) is 1. The van der Waals surface area contributed by atoms with Gasteiger partial charge < -0.3 is 4.74 Å². The van der Waals surface area contributed by atoms with E-state index in [4.69, 9.17) is 4.74 Å². The van der Waals surface area contributed by atoms with Gasteiger partial charge in [-0.2, -0.15) is 0 Å². The Balaban J connectivity index is 0. The second kappa shape index (κ2) is 6.47. The maximum Gasteiger partial charge on any atom is 0.0922 e. The zero-order valence-electron chi connectivity index (χ0n) is 5.55. The fraction of sp³-hybridized carbons (Fsp3) is 0.667. The maximum atomic E-state index is 5.01. The normalized spacial score (nSPS) is 9.50. The van der Waals surface area contributed by atoms with E-state index in [0.29, 0.717) is 6.10 Å². The third-order valence-corrected chi connectivity index (χ3v) is 0.487. The zero-order valence-corrected chi connectivity index (χ0v) is 5.55. The molecule has 0 aromatic carbocycles. The van der Waals surface area contributed by atoms with Crippen molar-refractivity contribution in [3.63, 3.8) is 0 Å². The van der Waals surface area contributed by atoms with Crippen molar-refractivity contribution in [1.82, 2.24) is 0 Å². The molecule has 2 heteroatoms. The van der Waals surface area contributed by atoms with Crippen molar-refractivity contribution in [1.29, 1.82) is 0 Å². The van der Waals surface area contributed by atoms with Crippen LogP contribution in [0.15, 0.2) is 12.3 Å². The highest BCUT2D eigenvalue weighted by molar-refractivity contribution is 4.65. The SMILES string of the molecule is CC=COC(C)C.F. The fourth-order valence-electron chi connectivity index (χ4n) is 0.236. The summed E-state index contributed by atoms with van der Waals surface area (Å²) in [5.41, 5.74) is 0. The summed E-state index contributed by atoms with van der Waals surface area (Å²) in [5, 5.41) is 0. The highest BCUT2D eigenvalue weighted by Crippen LogP contribution is 1.86. The van der Waals surface area contributed by atoms with E-state index in [1.54, 1.807) is 6.26 Å². The monoisotopic (exact) mass is 120 g/mol. The minimum atomic E-state index is 0. The number of allylic oxidation sites excluding steroid dienone is 1. The molecule has 0 aromatic rings. The molecule has 0 aliphatic heterocycles. The fourth-order valence-corrected chi connectivity index (χ4v) is 0.236. The van der Waals surface area contributed by atoms with E-state index in [1.165, 1.54) is 0 Å². The van der Waals surface area contributed by atoms with Gasteiger partial charge in [0, 0.05) is 0 Å². The van der Waals surface area contributed by atoms with Gasteiger partial charge in [0.25, 0.3) is 0 Å². The molecule has 0 aliphatic rings. The van der Waals surface area contributed by atoms with Crippen molar-refractivity contribution in [3.8, 4) is 0 Å². The van der Waals surface area contributed by atoms with Crippen LogP contribution in [0.1, 0.15) is 20.8 Å². The molecule has 0 saturated heterocycles. The molecule has 0 bridgehead atoms. The van der Waals surface area contributed by atoms with Crippen LogP contribution in [0.3, 0.4) is 0 Å². The van der Waals surface area contributed by atoms with Crippen molar-refractivity contribution in [2.75, 3.05) is 0 Å². The van der Waals surface area contributed by atoms with Gasteiger partial charge in [-0.15, -0.1) is 0 Å². The summed E-state index contributed by atoms with van der Waals surface area (Å²) in [4.78, 5) is 0. The zero-order chi connectivity index (χ0) is 5.70. The molecule has 0 radical (unpaired) electrons. The Morgan fingerprint density at radius 3 is 2.00 bits per heavy atom. The molecule has 0 amide bonds. The minimum Gasteiger partial charge on any atom is -0.499 e. The van der Waals surface area contributed by atoms with E-state index >= 15 is 0 Å². The molecule has 50 valence electrons. The van der Waals surface area contributed by atoms with E-state index in [0.717, 1.165) is 0 Å². The lowest BCUT2D eigenvalue weighted by Crippen LogP contribution is -1.93. The Labute approximate surface area is 49.7 Å². The first-order valence-electron chi connectivity index (χ1n) is 2.54. The second-order valence-electron chi connectivity index (χ2n) is 1.65. The van der Waals surface area contributed by atoms with Crippen LogP contribution in [0.2, 0.25) is 0 Å². The van der Waals surface area contributed by atoms with E-state index < -0.39 is 0 Å². The first kappa shape index (κ1) is 10.5. The summed E-state index contributed by atoms with van der Waals surface area (Å²) in [7, 11) is 0. The molecule has 8 heavy (non-hydrogen) atoms. The molecule has 0 aromatic heterocycles. The quantitative estimate of drug-likeness (QED) is 0.507. The Bertz CT molecular complexity index is 59.5. The van der Waals surface area contributed by atoms with Crippen LogP contribution < -0.4 is 0 Å². The van der Waals surface area contributed by atoms with Gasteiger partial charge >= 0.3 is 0 Å². The summed E-state index contributed by atoms with van der Waals surface area (Å²) < 4.78 is 5.01. The summed E-state index contributed by atoms with van der Waals surface area (Å²) in [6.45, 7) is 5.93. The van der Waals surface area contributed by atoms with Gasteiger partial charge in [0.1, 0.15) is 0 Å². The second-order valence-corrected chi connectivity index (χ2v) is 1.65. The predicted octanol–water partition coefficient (Wildman–Crippen LogP) is 2.10. The molecule has 0 saturated carbocycles. The minimum absolute atomic E-state index is 0. The molecule has 0 heterocycles. The molecule has 0 rings (SSSR count). The molecule has 1 nitrogen and oxygen atoms in total. The largest absolute Gasteiger partial charge is 0.499 e. The third-order valence-electron chi connectivity index (χ3n) is 0.487. The van der Waals surface area contributed by atoms with Gasteiger partial charge in [-0.1, -0.05) is 6.08 Å². The van der Waals surface area contributed by atoms with Gasteiger partial charge in [-0.05, 0) is 20.8 Å². The third kappa shape index (κ3) is 9.08. The average Bonchev–Trinajstić information content (AvgIpc) is 1.61. The van der Waals surface area contributed by atoms with E-state index in [9.17, 15) is 0 Å². The maximum absolute atomic E-state index is 5.01. The van der Waals surface area contributed by atoms with Gasteiger partial charge in [-0.25, -0.2) is 0 Å². The van der Waals surface area contributed by atoms with Gasteiger partial charge in [0.2, 0.25) is 0 Å². The highest BCUT2D eigenvalue weighted by atomic mass is 19.0. The van der Waals surface area contributed by atoms with Crippen LogP contribution in [0, 0.1) is 0 Å². The predicted molar refractivity (Wildman–Crippen MR) is 33.5 cm³/mol. The Morgan fingerprint density at radius 1 is 1.38 bits per heavy atom. The Morgan fingerprint density at radius 2 is 1.88 bits per heavy atom. The first-order valence-corrected chi connectivity index (χ1v) is 2.54. The summed E-state index contributed by atoms with van der Waals surface area (Å²) in [6, 6.07) is 0. The number of ether oxygens (including phenoxy) is 1. The van der Waals surface area contributed by atoms with Gasteiger partial charge in [-0.3, -0.25) is 4.70 Å². The van der Waals surface area contributed by atoms with Crippen LogP contribution in [0.25, 0.3) is 0 Å². The number of rotatable bonds is 2. The topological polar surface area (TPSA) is 9.23 Å². The van der Waals surface area contributed by atoms with Crippen LogP contribution in [0.5, 0.6) is 0 Å². The van der Waals surface area contributed by atoms with Gasteiger partial charge in [0.05, 0.1) is 12.4 Å². The van der Waals surface area contributed by atoms with Gasteiger partial charge in [0.15, 0.2) is 0 Å². The van der Waals surface area contributed by atoms with Crippen LogP contribution in [-0.4, -0.2) is 6.10 Å². The standard InChI is InChI=1S/C6H12O.FH/c1-4-5-7-6(2)3;/h4-6H,1-3H3;1H. The van der Waals surface area contributed by atoms with E-state index in [2.05, 4.69) is 0 Å². The molecular weight excluding hydrogens is 107 g/mol. The lowest BCUT2D eigenvalue weighted by molar-refractivity contribution is 0.179. The highest BCUT2D eigenvalue weighted by Gasteiger charge is 1.82. The average molecular weight is 120 g/mol. The number of hydrogen-bond donors (Lipinski definition) is 0. The molecule has 0 atom stereocenters. The van der Waals surface area contributed by atoms with E-state index in [-0.39, 0.29) is 4.70 Å². The molecular formula is C6H13FO. The molecule has 0 aliphatic carbocycles. The molecule has 0 N–H and O–H groups in total. The van der Waals surface area contributed by atoms with Crippen molar-refractivity contribution in [3.05, 3.63) is 12.3 Å². The Hall–Kier alpha value is -0.530. The van der Waals surface area contributed by atoms with Crippen molar-refractivity contribution < 1.29 is 9.44 Å². The first-order chi connectivity index (χ1) is 3.27. The number of halogens is 1. The Kier molecular flexibility index (Phi) is 8.45. The molecule has 0 fully saturated rings. The summed E-state index contributed by atoms with van der Waals surface area (Å²) in [6.07, 6.45) is 3.89. The smallest absolute Gasteiger partial charge is 0.0922 e. The summed E-state index contributed by atoms with van der Waals surface area (Å²) in [5.74, 6) is 0. The van der Waals surface area contributed by atoms with Crippen molar-refractivity contribution in [2.45, 2.75) is 26.9 Å². The summed E-state index contributed by atoms with van der Waals surface area (Å²) >= 11 is 0. The van der Waals surface area contributed by atoms with Crippen molar-refractivity contribution >= 4 is 0 Å². The lowest BCUT2D eigenvalue weighted by Gasteiger charge is -2.00. The molecule has 0 spiro atoms. The van der Waals surface area contributed by atoms with E-state index in [1.807, 2.05) is 26.8 Å². The van der Waals surface area contributed by atoms with Crippen LogP contribution >= 0.6 is 0 Å². The van der Waals surface area contributed by atoms with Crippen molar-refractivity contribution in [2.24, 2.45) is 0 Å². The van der Waals surface area contributed by atoms with Crippen LogP contribution in [0.4, 0.5) is 4.70 Å².